The molecule has 0 aromatic rings. The Balaban J connectivity index is 0.00000196. The zero-order chi connectivity index (χ0) is 10.9. The number of alkyl halides is 2. The van der Waals surface area contributed by atoms with Crippen molar-refractivity contribution in [2.45, 2.75) is 31.2 Å². The second kappa shape index (κ2) is 7.07. The van der Waals surface area contributed by atoms with Crippen molar-refractivity contribution in [1.29, 1.82) is 0 Å². The van der Waals surface area contributed by atoms with Crippen molar-refractivity contribution in [1.82, 2.24) is 0 Å². The average molecular weight is 501 g/mol. The molecule has 0 aromatic carbocycles. The van der Waals surface area contributed by atoms with Gasteiger partial charge in [0.2, 0.25) is 0 Å². The zero-order valence-electron chi connectivity index (χ0n) is 9.00. The minimum Gasteiger partial charge on any atom is 0 e. The van der Waals surface area contributed by atoms with E-state index in [-0.39, 0.29) is 44.7 Å². The summed E-state index contributed by atoms with van der Waals surface area (Å²) in [6, 6.07) is 0. The summed E-state index contributed by atoms with van der Waals surface area (Å²) in [4.78, 5) is 0. The van der Waals surface area contributed by atoms with Gasteiger partial charge in [-0.3, -0.25) is 0 Å². The van der Waals surface area contributed by atoms with Crippen molar-refractivity contribution in [2.24, 2.45) is 5.92 Å². The van der Waals surface area contributed by atoms with Crippen molar-refractivity contribution >= 4 is 17.4 Å². The summed E-state index contributed by atoms with van der Waals surface area (Å²) in [5, 5.41) is -1.74. The zero-order valence-corrected chi connectivity index (χ0v) is 16.5. The fourth-order valence-electron chi connectivity index (χ4n) is 1.47. The second-order valence-electron chi connectivity index (χ2n) is 3.58. The summed E-state index contributed by atoms with van der Waals surface area (Å²) in [6.45, 7) is 5.98. The monoisotopic (exact) mass is 501 g/mol. The molecule has 1 heterocycles. The van der Waals surface area contributed by atoms with Gasteiger partial charge in [0.05, 0.1) is 0 Å². The molecule has 0 aromatic heterocycles. The van der Waals surface area contributed by atoms with Crippen molar-refractivity contribution in [3.8, 4) is 0 Å². The van der Waals surface area contributed by atoms with Gasteiger partial charge >= 0.3 is 100 Å². The maximum absolute atomic E-state index is 13.8. The molecule has 1 saturated heterocycles. The van der Waals surface area contributed by atoms with Crippen LogP contribution in [0.25, 0.3) is 0 Å². The van der Waals surface area contributed by atoms with Gasteiger partial charge in [0.1, 0.15) is 0 Å². The minimum atomic E-state index is -1.74. The maximum atomic E-state index is 13.8. The van der Waals surface area contributed by atoms with Gasteiger partial charge in [-0.25, -0.2) is 0 Å². The van der Waals surface area contributed by atoms with E-state index in [1.807, 2.05) is 0 Å². The fourth-order valence-corrected chi connectivity index (χ4v) is 2.80. The van der Waals surface area contributed by atoms with E-state index in [1.165, 1.54) is 18.8 Å². The standard InChI is InChI=1S/C8H15ClFO2P.W.Y/c1-5-7(4-11-13-3)12-6(2)8(5,9)10;;/h5-7,13H,4H2,1-3H3;;/t5-,6+,7-,8+;;/m1../s1. The fraction of sp³-hybridized carbons (Fsp3) is 1.00. The Morgan fingerprint density at radius 3 is 2.47 bits per heavy atom. The van der Waals surface area contributed by atoms with Gasteiger partial charge in [-0.05, 0) is 0 Å². The molecule has 1 aliphatic heterocycles. The van der Waals surface area contributed by atoms with Crippen LogP contribution in [0.15, 0.2) is 0 Å². The molecule has 0 N–H and O–H groups in total. The van der Waals surface area contributed by atoms with Crippen LogP contribution in [0.3, 0.4) is 0 Å². The smallest absolute Gasteiger partial charge is 0 e. The number of rotatable bonds is 3. The van der Waals surface area contributed by atoms with Gasteiger partial charge in [0.25, 0.3) is 0 Å². The third-order valence-electron chi connectivity index (χ3n) is 2.54. The average Bonchev–Trinajstić information content (AvgIpc) is 2.26. The molecule has 0 aliphatic carbocycles. The molecule has 0 spiro atoms. The summed E-state index contributed by atoms with van der Waals surface area (Å²) in [5.41, 5.74) is 0. The van der Waals surface area contributed by atoms with E-state index in [1.54, 1.807) is 13.8 Å². The van der Waals surface area contributed by atoms with Gasteiger partial charge < -0.3 is 0 Å². The summed E-state index contributed by atoms with van der Waals surface area (Å²) >= 11 is 7.20. The van der Waals surface area contributed by atoms with Gasteiger partial charge in [0.15, 0.2) is 0 Å². The van der Waals surface area contributed by atoms with E-state index in [2.05, 4.69) is 6.66 Å². The third kappa shape index (κ3) is 4.51. The van der Waals surface area contributed by atoms with Gasteiger partial charge in [-0.2, -0.15) is 0 Å². The Morgan fingerprint density at radius 1 is 1.60 bits per heavy atom. The molecule has 15 heavy (non-hydrogen) atoms. The van der Waals surface area contributed by atoms with E-state index in [9.17, 15) is 4.39 Å². The van der Waals surface area contributed by atoms with Crippen LogP contribution in [-0.4, -0.2) is 30.6 Å². The first-order valence-corrected chi connectivity index (χ1v) is 11.1. The Morgan fingerprint density at radius 2 is 2.13 bits per heavy atom. The summed E-state index contributed by atoms with van der Waals surface area (Å²) in [5.74, 6) is -0.971. The van der Waals surface area contributed by atoms with Crippen molar-refractivity contribution in [3.63, 3.8) is 0 Å². The van der Waals surface area contributed by atoms with E-state index in [0.29, 0.717) is 6.61 Å². The van der Waals surface area contributed by atoms with Crippen molar-refractivity contribution < 1.29 is 65.2 Å². The van der Waals surface area contributed by atoms with Crippen molar-refractivity contribution in [3.05, 3.63) is 0 Å². The number of ether oxygens (including phenoxy) is 1. The molecule has 7 heteroatoms. The maximum Gasteiger partial charge on any atom is 0 e. The van der Waals surface area contributed by atoms with Crippen LogP contribution in [0.2, 0.25) is 0 Å². The first-order chi connectivity index (χ1) is 6.35. The Bertz CT molecular complexity index is 245. The largest absolute Gasteiger partial charge is 0 e. The van der Waals surface area contributed by atoms with Gasteiger partial charge in [-0.15, -0.1) is 0 Å². The molecule has 0 amide bonds. The SMILES string of the molecule is C[C@@H]1O[C@H](CO[PH](C)=[W])[C@@H](C)[C@@]1(F)Cl.[Y]. The molecule has 1 fully saturated rings. The van der Waals surface area contributed by atoms with Crippen LogP contribution in [0.4, 0.5) is 4.39 Å². The molecular weight excluding hydrogens is 486 g/mol. The van der Waals surface area contributed by atoms with Crippen LogP contribution in [0.1, 0.15) is 13.8 Å². The van der Waals surface area contributed by atoms with Crippen LogP contribution in [0.5, 0.6) is 0 Å². The van der Waals surface area contributed by atoms with Gasteiger partial charge in [-0.1, -0.05) is 0 Å². The summed E-state index contributed by atoms with van der Waals surface area (Å²) in [6.07, 6.45) is -0.753. The predicted molar refractivity (Wildman–Crippen MR) is 53.4 cm³/mol. The molecule has 2 nitrogen and oxygen atoms in total. The Hall–Kier alpha value is 2.36. The first kappa shape index (κ1) is 17.4. The molecule has 0 bridgehead atoms. The van der Waals surface area contributed by atoms with E-state index >= 15 is 0 Å². The number of hydrogen-bond donors (Lipinski definition) is 0. The quantitative estimate of drug-likeness (QED) is 0.438. The molecule has 0 saturated carbocycles. The number of hydrogen-bond acceptors (Lipinski definition) is 2. The molecular formula is C8H15ClFO2PWY. The van der Waals surface area contributed by atoms with E-state index in [0.717, 1.165) is 0 Å². The normalized spacial score (nSPS) is 42.3. The van der Waals surface area contributed by atoms with Crippen LogP contribution in [0, 0.1) is 5.92 Å². The molecule has 5 atom stereocenters. The number of halogens is 2. The molecule has 1 aliphatic rings. The van der Waals surface area contributed by atoms with E-state index in [4.69, 9.17) is 20.9 Å². The Labute approximate surface area is 131 Å². The molecule has 1 rings (SSSR count). The third-order valence-corrected chi connectivity index (χ3v) is 5.03. The Kier molecular flexibility index (Phi) is 8.19. The molecule has 87 valence electrons. The first-order valence-electron chi connectivity index (χ1n) is 4.52. The molecule has 1 radical (unpaired) electrons. The topological polar surface area (TPSA) is 18.5 Å². The molecule has 1 unspecified atom stereocenters. The second-order valence-corrected chi connectivity index (χ2v) is 11.6. The minimum absolute atomic E-state index is 0. The van der Waals surface area contributed by atoms with E-state index < -0.39 is 17.0 Å². The van der Waals surface area contributed by atoms with Crippen LogP contribution < -0.4 is 0 Å². The predicted octanol–water partition coefficient (Wildman–Crippen LogP) is 2.55. The van der Waals surface area contributed by atoms with Gasteiger partial charge in [0, 0.05) is 32.7 Å². The van der Waals surface area contributed by atoms with Crippen LogP contribution >= 0.6 is 17.4 Å². The van der Waals surface area contributed by atoms with Crippen molar-refractivity contribution in [2.75, 3.05) is 13.3 Å². The van der Waals surface area contributed by atoms with Crippen LogP contribution in [-0.2, 0) is 60.8 Å². The summed E-state index contributed by atoms with van der Waals surface area (Å²) < 4.78 is 24.7. The summed E-state index contributed by atoms with van der Waals surface area (Å²) in [7, 11) is 0.